The Morgan fingerprint density at radius 3 is 2.65 bits per heavy atom. The van der Waals surface area contributed by atoms with Crippen molar-refractivity contribution in [1.82, 2.24) is 20.2 Å². The number of carbonyl (C=O) groups is 1. The lowest BCUT2D eigenvalue weighted by molar-refractivity contribution is -0.115. The first-order valence-corrected chi connectivity index (χ1v) is 7.95. The van der Waals surface area contributed by atoms with Crippen LogP contribution in [-0.2, 0) is 11.2 Å². The smallest absolute Gasteiger partial charge is 0.228 e. The molecule has 0 unspecified atom stereocenters. The highest BCUT2D eigenvalue weighted by Gasteiger charge is 2.11. The lowest BCUT2D eigenvalue weighted by Gasteiger charge is -2.12. The lowest BCUT2D eigenvalue weighted by atomic mass is 10.1. The number of methoxy groups -OCH3 is 2. The Morgan fingerprint density at radius 2 is 2.00 bits per heavy atom. The number of anilines is 1. The van der Waals surface area contributed by atoms with Crippen LogP contribution in [0.3, 0.4) is 0 Å². The second kappa shape index (κ2) is 7.64. The Morgan fingerprint density at radius 1 is 1.15 bits per heavy atom. The highest BCUT2D eigenvalue weighted by Crippen LogP contribution is 2.25. The van der Waals surface area contributed by atoms with Crippen molar-refractivity contribution >= 4 is 11.6 Å². The molecule has 0 fully saturated rings. The summed E-state index contributed by atoms with van der Waals surface area (Å²) < 4.78 is 12.1. The molecule has 3 aromatic rings. The molecule has 1 heterocycles. The van der Waals surface area contributed by atoms with E-state index in [1.165, 1.54) is 6.33 Å². The summed E-state index contributed by atoms with van der Waals surface area (Å²) in [6, 6.07) is 10.9. The van der Waals surface area contributed by atoms with Gasteiger partial charge < -0.3 is 14.8 Å². The van der Waals surface area contributed by atoms with Crippen LogP contribution in [0.15, 0.2) is 42.7 Å². The molecular formula is C18H19N5O3. The van der Waals surface area contributed by atoms with E-state index in [0.29, 0.717) is 17.2 Å². The molecule has 3 rings (SSSR count). The topological polar surface area (TPSA) is 91.2 Å². The number of rotatable bonds is 6. The zero-order chi connectivity index (χ0) is 18.5. The third kappa shape index (κ3) is 3.80. The largest absolute Gasteiger partial charge is 0.497 e. The Balaban J connectivity index is 1.73. The fraction of sp³-hybridized carbons (Fsp3) is 0.222. The molecule has 0 aliphatic carbocycles. The normalized spacial score (nSPS) is 10.4. The molecule has 0 aliphatic heterocycles. The van der Waals surface area contributed by atoms with E-state index >= 15 is 0 Å². The number of aryl methyl sites for hydroxylation is 1. The number of tetrazole rings is 1. The summed E-state index contributed by atoms with van der Waals surface area (Å²) in [6.07, 6.45) is 1.70. The van der Waals surface area contributed by atoms with Crippen molar-refractivity contribution in [3.05, 3.63) is 53.9 Å². The predicted molar refractivity (Wildman–Crippen MR) is 95.8 cm³/mol. The number of hydrogen-bond acceptors (Lipinski definition) is 6. The van der Waals surface area contributed by atoms with Crippen molar-refractivity contribution in [3.63, 3.8) is 0 Å². The average Bonchev–Trinajstić information content (AvgIpc) is 3.16. The zero-order valence-corrected chi connectivity index (χ0v) is 14.8. The van der Waals surface area contributed by atoms with Gasteiger partial charge in [-0.05, 0) is 59.3 Å². The van der Waals surface area contributed by atoms with Crippen LogP contribution in [0.5, 0.6) is 11.5 Å². The van der Waals surface area contributed by atoms with Gasteiger partial charge in [0, 0.05) is 11.3 Å². The van der Waals surface area contributed by atoms with Crippen LogP contribution in [0, 0.1) is 6.92 Å². The summed E-state index contributed by atoms with van der Waals surface area (Å²) in [5.41, 5.74) is 3.24. The number of amides is 1. The minimum Gasteiger partial charge on any atom is -0.497 e. The van der Waals surface area contributed by atoms with Crippen molar-refractivity contribution in [3.8, 4) is 17.2 Å². The SMILES string of the molecule is COc1ccc(OC)c(CC(=O)Nc2ccc(-n3cnnn3)c(C)c2)c1. The van der Waals surface area contributed by atoms with Crippen LogP contribution in [0.25, 0.3) is 5.69 Å². The molecule has 0 saturated heterocycles. The van der Waals surface area contributed by atoms with Crippen LogP contribution in [0.1, 0.15) is 11.1 Å². The molecule has 0 bridgehead atoms. The molecule has 134 valence electrons. The van der Waals surface area contributed by atoms with Gasteiger partial charge >= 0.3 is 0 Å². The van der Waals surface area contributed by atoms with Crippen LogP contribution < -0.4 is 14.8 Å². The van der Waals surface area contributed by atoms with Gasteiger partial charge in [0.1, 0.15) is 17.8 Å². The third-order valence-electron chi connectivity index (χ3n) is 3.91. The lowest BCUT2D eigenvalue weighted by Crippen LogP contribution is -2.15. The number of hydrogen-bond donors (Lipinski definition) is 1. The molecule has 26 heavy (non-hydrogen) atoms. The van der Waals surface area contributed by atoms with Gasteiger partial charge in [-0.1, -0.05) is 0 Å². The fourth-order valence-electron chi connectivity index (χ4n) is 2.66. The second-order valence-electron chi connectivity index (χ2n) is 5.66. The molecule has 1 N–H and O–H groups in total. The maximum absolute atomic E-state index is 12.4. The number of ether oxygens (including phenoxy) is 2. The average molecular weight is 353 g/mol. The Kier molecular flexibility index (Phi) is 5.12. The van der Waals surface area contributed by atoms with Gasteiger partial charge in [-0.15, -0.1) is 5.10 Å². The molecule has 0 atom stereocenters. The van der Waals surface area contributed by atoms with Crippen molar-refractivity contribution in [2.75, 3.05) is 19.5 Å². The van der Waals surface area contributed by atoms with E-state index in [2.05, 4.69) is 20.8 Å². The molecule has 2 aromatic carbocycles. The van der Waals surface area contributed by atoms with Crippen molar-refractivity contribution < 1.29 is 14.3 Å². The quantitative estimate of drug-likeness (QED) is 0.730. The Hall–Kier alpha value is -3.42. The van der Waals surface area contributed by atoms with E-state index in [4.69, 9.17) is 9.47 Å². The predicted octanol–water partition coefficient (Wildman–Crippen LogP) is 2.17. The summed E-state index contributed by atoms with van der Waals surface area (Å²) in [7, 11) is 3.16. The van der Waals surface area contributed by atoms with E-state index in [9.17, 15) is 4.79 Å². The van der Waals surface area contributed by atoms with Crippen LogP contribution in [0.4, 0.5) is 5.69 Å². The van der Waals surface area contributed by atoms with E-state index in [-0.39, 0.29) is 12.3 Å². The maximum atomic E-state index is 12.4. The summed E-state index contributed by atoms with van der Waals surface area (Å²) in [4.78, 5) is 12.4. The van der Waals surface area contributed by atoms with E-state index in [0.717, 1.165) is 16.8 Å². The van der Waals surface area contributed by atoms with E-state index in [1.54, 1.807) is 37.1 Å². The van der Waals surface area contributed by atoms with Gasteiger partial charge in [-0.25, -0.2) is 4.68 Å². The second-order valence-corrected chi connectivity index (χ2v) is 5.66. The van der Waals surface area contributed by atoms with Crippen molar-refractivity contribution in [1.29, 1.82) is 0 Å². The van der Waals surface area contributed by atoms with Gasteiger partial charge in [-0.3, -0.25) is 4.79 Å². The zero-order valence-electron chi connectivity index (χ0n) is 14.8. The number of nitrogens with zero attached hydrogens (tertiary/aromatic N) is 4. The fourth-order valence-corrected chi connectivity index (χ4v) is 2.66. The van der Waals surface area contributed by atoms with Crippen LogP contribution in [0.2, 0.25) is 0 Å². The summed E-state index contributed by atoms with van der Waals surface area (Å²) >= 11 is 0. The molecule has 8 nitrogen and oxygen atoms in total. The summed E-state index contributed by atoms with van der Waals surface area (Å²) in [5, 5.41) is 14.0. The first-order chi connectivity index (χ1) is 12.6. The van der Waals surface area contributed by atoms with E-state index < -0.39 is 0 Å². The highest BCUT2D eigenvalue weighted by molar-refractivity contribution is 5.93. The third-order valence-corrected chi connectivity index (χ3v) is 3.91. The van der Waals surface area contributed by atoms with Crippen molar-refractivity contribution in [2.45, 2.75) is 13.3 Å². The van der Waals surface area contributed by atoms with Gasteiger partial charge in [0.25, 0.3) is 0 Å². The molecule has 8 heteroatoms. The number of aromatic nitrogens is 4. The summed E-state index contributed by atoms with van der Waals surface area (Å²) in [5.74, 6) is 1.17. The van der Waals surface area contributed by atoms with E-state index in [1.807, 2.05) is 25.1 Å². The molecule has 1 amide bonds. The minimum absolute atomic E-state index is 0.147. The van der Waals surface area contributed by atoms with Crippen LogP contribution >= 0.6 is 0 Å². The molecule has 0 spiro atoms. The summed E-state index contributed by atoms with van der Waals surface area (Å²) in [6.45, 7) is 1.93. The minimum atomic E-state index is -0.147. The first kappa shape index (κ1) is 17.4. The number of carbonyl (C=O) groups excluding carboxylic acids is 1. The van der Waals surface area contributed by atoms with Gasteiger partial charge in [0.05, 0.1) is 26.3 Å². The first-order valence-electron chi connectivity index (χ1n) is 7.95. The molecule has 0 radical (unpaired) electrons. The molecule has 0 saturated carbocycles. The maximum Gasteiger partial charge on any atom is 0.228 e. The number of benzene rings is 2. The molecule has 1 aromatic heterocycles. The number of nitrogens with one attached hydrogen (secondary N) is 1. The Bertz CT molecular complexity index is 909. The van der Waals surface area contributed by atoms with Gasteiger partial charge in [0.2, 0.25) is 5.91 Å². The van der Waals surface area contributed by atoms with Gasteiger partial charge in [0.15, 0.2) is 0 Å². The molecule has 0 aliphatic rings. The molecular weight excluding hydrogens is 334 g/mol. The monoisotopic (exact) mass is 353 g/mol. The standard InChI is InChI=1S/C18H19N5O3/c1-12-8-14(4-6-16(12)23-11-19-21-22-23)20-18(24)10-13-9-15(25-2)5-7-17(13)26-3/h4-9,11H,10H2,1-3H3,(H,20,24). The van der Waals surface area contributed by atoms with Gasteiger partial charge in [-0.2, -0.15) is 0 Å². The van der Waals surface area contributed by atoms with Crippen molar-refractivity contribution in [2.24, 2.45) is 0 Å². The highest BCUT2D eigenvalue weighted by atomic mass is 16.5. The Labute approximate surface area is 150 Å². The van der Waals surface area contributed by atoms with Crippen LogP contribution in [-0.4, -0.2) is 40.3 Å².